The maximum absolute atomic E-state index is 3.90. The monoisotopic (exact) mass is 632 g/mol. The van der Waals surface area contributed by atoms with Gasteiger partial charge in [0, 0.05) is 17.9 Å². The first-order chi connectivity index (χ1) is 14.1. The van der Waals surface area contributed by atoms with Gasteiger partial charge in [-0.15, -0.1) is 0 Å². The maximum Gasteiger partial charge on any atom is 0.0713 e. The van der Waals surface area contributed by atoms with Gasteiger partial charge in [0.2, 0.25) is 0 Å². The lowest BCUT2D eigenvalue weighted by Gasteiger charge is -2.38. The van der Waals surface area contributed by atoms with E-state index in [0.717, 1.165) is 23.5 Å². The first-order valence-corrected chi connectivity index (χ1v) is 12.2. The summed E-state index contributed by atoms with van der Waals surface area (Å²) in [4.78, 5) is 0. The zero-order valence-electron chi connectivity index (χ0n) is 15.2. The van der Waals surface area contributed by atoms with E-state index in [4.69, 9.17) is 0 Å². The van der Waals surface area contributed by atoms with E-state index in [1.807, 2.05) is 0 Å². The van der Waals surface area contributed by atoms with Crippen LogP contribution in [0, 0.1) is 0 Å². The Hall–Kier alpha value is -1.20. The van der Waals surface area contributed by atoms with Crippen LogP contribution in [0.15, 0.2) is 115 Å². The second-order valence-electron chi connectivity index (χ2n) is 6.70. The number of benzene rings is 4. The summed E-state index contributed by atoms with van der Waals surface area (Å²) < 4.78 is 3.98. The van der Waals surface area contributed by atoms with Crippen LogP contribution >= 0.6 is 63.7 Å². The van der Waals surface area contributed by atoms with E-state index in [9.17, 15) is 0 Å². The molecule has 0 aliphatic rings. The van der Waals surface area contributed by atoms with Crippen LogP contribution in [-0.2, 0) is 5.41 Å². The highest BCUT2D eigenvalue weighted by Crippen LogP contribution is 2.51. The molecule has 0 fully saturated rings. The molecule has 0 atom stereocenters. The summed E-state index contributed by atoms with van der Waals surface area (Å²) in [5, 5.41) is 0. The third-order valence-electron chi connectivity index (χ3n) is 5.13. The fraction of sp³-hybridized carbons (Fsp3) is 0.0400. The van der Waals surface area contributed by atoms with Gasteiger partial charge in [0.05, 0.1) is 5.41 Å². The van der Waals surface area contributed by atoms with Gasteiger partial charge in [-0.25, -0.2) is 0 Å². The number of rotatable bonds is 4. The highest BCUT2D eigenvalue weighted by molar-refractivity contribution is 9.15. The van der Waals surface area contributed by atoms with Crippen LogP contribution in [0.25, 0.3) is 0 Å². The molecule has 4 rings (SSSR count). The molecule has 4 aromatic carbocycles. The quantitative estimate of drug-likeness (QED) is 0.119. The summed E-state index contributed by atoms with van der Waals surface area (Å²) in [6.07, 6.45) is 0. The third kappa shape index (κ3) is 3.69. The normalized spacial score (nSPS) is 11.4. The summed E-state index contributed by atoms with van der Waals surface area (Å²) in [6, 6.07) is 34.2. The fourth-order valence-electron chi connectivity index (χ4n) is 3.88. The first kappa shape index (κ1) is 21.0. The third-order valence-corrected chi connectivity index (χ3v) is 9.79. The minimum Gasteiger partial charge on any atom is -0.0622 e. The van der Waals surface area contributed by atoms with Gasteiger partial charge in [-0.05, 0) is 92.0 Å². The zero-order chi connectivity index (χ0) is 20.4. The van der Waals surface area contributed by atoms with Gasteiger partial charge in [0.15, 0.2) is 0 Å². The van der Waals surface area contributed by atoms with Crippen molar-refractivity contribution >= 4 is 63.7 Å². The van der Waals surface area contributed by atoms with Gasteiger partial charge in [-0.1, -0.05) is 91.0 Å². The molecule has 0 aliphatic heterocycles. The van der Waals surface area contributed by atoms with E-state index < -0.39 is 5.41 Å². The largest absolute Gasteiger partial charge is 0.0713 e. The van der Waals surface area contributed by atoms with Crippen LogP contribution in [0.4, 0.5) is 0 Å². The number of hydrogen-bond donors (Lipinski definition) is 0. The molecular formula is C25H16Br4. The second-order valence-corrected chi connectivity index (χ2v) is 9.93. The van der Waals surface area contributed by atoms with E-state index >= 15 is 0 Å². The molecule has 0 bridgehead atoms. The summed E-state index contributed by atoms with van der Waals surface area (Å²) in [7, 11) is 0. The Morgan fingerprint density at radius 3 is 1.21 bits per heavy atom. The van der Waals surface area contributed by atoms with E-state index in [1.165, 1.54) is 16.7 Å². The van der Waals surface area contributed by atoms with Crippen molar-refractivity contribution in [1.82, 2.24) is 0 Å². The Bertz CT molecular complexity index is 1030. The molecule has 0 N–H and O–H groups in total. The van der Waals surface area contributed by atoms with E-state index in [2.05, 4.69) is 161 Å². The first-order valence-electron chi connectivity index (χ1n) is 9.07. The van der Waals surface area contributed by atoms with E-state index in [1.54, 1.807) is 0 Å². The molecular weight excluding hydrogens is 620 g/mol. The molecule has 0 amide bonds. The highest BCUT2D eigenvalue weighted by Gasteiger charge is 2.40. The summed E-state index contributed by atoms with van der Waals surface area (Å²) in [5.41, 5.74) is 4.29. The molecule has 4 aromatic rings. The average Bonchev–Trinajstić information content (AvgIpc) is 2.78. The van der Waals surface area contributed by atoms with Crippen molar-refractivity contribution < 1.29 is 0 Å². The van der Waals surface area contributed by atoms with Crippen molar-refractivity contribution in [1.29, 1.82) is 0 Å². The molecule has 0 heterocycles. The average molecular weight is 636 g/mol. The van der Waals surface area contributed by atoms with Crippen molar-refractivity contribution in [2.75, 3.05) is 0 Å². The molecule has 0 unspecified atom stereocenters. The van der Waals surface area contributed by atoms with Gasteiger partial charge >= 0.3 is 0 Å². The van der Waals surface area contributed by atoms with E-state index in [0.29, 0.717) is 0 Å². The summed E-state index contributed by atoms with van der Waals surface area (Å²) in [5.74, 6) is 0. The van der Waals surface area contributed by atoms with Crippen LogP contribution in [0.3, 0.4) is 0 Å². The second kappa shape index (κ2) is 8.89. The lowest BCUT2D eigenvalue weighted by molar-refractivity contribution is 0.739. The van der Waals surface area contributed by atoms with Crippen LogP contribution in [-0.4, -0.2) is 0 Å². The highest BCUT2D eigenvalue weighted by atomic mass is 79.9. The molecule has 4 heteroatoms. The van der Waals surface area contributed by atoms with Gasteiger partial charge in [0.1, 0.15) is 0 Å². The Balaban J connectivity index is 2.22. The van der Waals surface area contributed by atoms with Gasteiger partial charge in [-0.3, -0.25) is 0 Å². The minimum atomic E-state index is -0.492. The molecule has 144 valence electrons. The van der Waals surface area contributed by atoms with Crippen LogP contribution in [0.1, 0.15) is 22.3 Å². The van der Waals surface area contributed by atoms with E-state index in [-0.39, 0.29) is 0 Å². The van der Waals surface area contributed by atoms with Gasteiger partial charge in [0.25, 0.3) is 0 Å². The molecule has 0 radical (unpaired) electrons. The zero-order valence-corrected chi connectivity index (χ0v) is 21.6. The Kier molecular flexibility index (Phi) is 6.45. The topological polar surface area (TPSA) is 0 Å². The predicted octanol–water partition coefficient (Wildman–Crippen LogP) is 9.12. The molecule has 0 saturated heterocycles. The lowest BCUT2D eigenvalue weighted by atomic mass is 9.65. The van der Waals surface area contributed by atoms with Gasteiger partial charge < -0.3 is 0 Å². The van der Waals surface area contributed by atoms with Crippen molar-refractivity contribution in [3.05, 3.63) is 137 Å². The van der Waals surface area contributed by atoms with Crippen LogP contribution in [0.2, 0.25) is 0 Å². The predicted molar refractivity (Wildman–Crippen MR) is 136 cm³/mol. The molecule has 29 heavy (non-hydrogen) atoms. The SMILES string of the molecule is Brc1cc(C(c2ccccc2)(c2ccccc2)c2ccccc2)c(Br)c(Br)c1Br. The molecule has 0 aromatic heterocycles. The fourth-order valence-corrected chi connectivity index (χ4v) is 6.19. The van der Waals surface area contributed by atoms with Crippen molar-refractivity contribution in [3.8, 4) is 0 Å². The van der Waals surface area contributed by atoms with Crippen LogP contribution in [0.5, 0.6) is 0 Å². The molecule has 0 saturated carbocycles. The smallest absolute Gasteiger partial charge is 0.0622 e. The van der Waals surface area contributed by atoms with Crippen molar-refractivity contribution in [2.45, 2.75) is 5.41 Å². The minimum absolute atomic E-state index is 0.492. The summed E-state index contributed by atoms with van der Waals surface area (Å²) in [6.45, 7) is 0. The standard InChI is InChI=1S/C25H16Br4/c26-21-16-20(22(27)24(29)23(21)28)25(17-10-4-1-5-11-17,18-12-6-2-7-13-18)19-14-8-3-9-15-19/h1-16H. The van der Waals surface area contributed by atoms with Crippen molar-refractivity contribution in [3.63, 3.8) is 0 Å². The lowest BCUT2D eigenvalue weighted by Crippen LogP contribution is -2.31. The number of hydrogen-bond acceptors (Lipinski definition) is 0. The number of halogens is 4. The Morgan fingerprint density at radius 2 is 0.828 bits per heavy atom. The van der Waals surface area contributed by atoms with Gasteiger partial charge in [-0.2, -0.15) is 0 Å². The summed E-state index contributed by atoms with van der Waals surface area (Å²) >= 11 is 15.1. The molecule has 0 aliphatic carbocycles. The maximum atomic E-state index is 3.90. The van der Waals surface area contributed by atoms with Crippen molar-refractivity contribution in [2.24, 2.45) is 0 Å². The van der Waals surface area contributed by atoms with Crippen LogP contribution < -0.4 is 0 Å². The Labute approximate surface area is 204 Å². The Morgan fingerprint density at radius 1 is 0.448 bits per heavy atom. The molecule has 0 nitrogen and oxygen atoms in total. The molecule has 0 spiro atoms.